The molecule has 24 heavy (non-hydrogen) atoms. The molecule has 1 rings (SSSR count). The lowest BCUT2D eigenvalue weighted by Crippen LogP contribution is -2.25. The highest BCUT2D eigenvalue weighted by Gasteiger charge is 2.33. The average molecular weight is 352 g/mol. The third kappa shape index (κ3) is 4.88. The minimum atomic E-state index is -4.40. The van der Waals surface area contributed by atoms with Gasteiger partial charge in [-0.05, 0) is 19.1 Å². The molecule has 0 saturated heterocycles. The number of ether oxygens (including phenoxy) is 2. The van der Waals surface area contributed by atoms with Crippen molar-refractivity contribution in [3.8, 4) is 0 Å². The second-order valence-electron chi connectivity index (χ2n) is 4.29. The van der Waals surface area contributed by atoms with E-state index in [1.807, 2.05) is 0 Å². The quantitative estimate of drug-likeness (QED) is 0.300. The number of sulfone groups is 1. The van der Waals surface area contributed by atoms with Gasteiger partial charge in [-0.15, -0.1) is 0 Å². The zero-order valence-electron chi connectivity index (χ0n) is 12.9. The molecule has 0 unspecified atom stereocenters. The summed E-state index contributed by atoms with van der Waals surface area (Å²) in [5.41, 5.74) is 0. The van der Waals surface area contributed by atoms with Crippen molar-refractivity contribution < 1.29 is 32.3 Å². The molecule has 1 aromatic carbocycles. The van der Waals surface area contributed by atoms with E-state index in [1.165, 1.54) is 37.3 Å². The summed E-state index contributed by atoms with van der Waals surface area (Å²) < 4.78 is 34.3. The molecule has 0 fully saturated rings. The third-order valence-corrected chi connectivity index (χ3v) is 4.40. The highest BCUT2D eigenvalue weighted by Crippen LogP contribution is 2.20. The van der Waals surface area contributed by atoms with E-state index in [2.05, 4.69) is 16.1 Å². The Balaban J connectivity index is 3.35. The lowest BCUT2D eigenvalue weighted by atomic mass is 10.3. The van der Waals surface area contributed by atoms with Crippen LogP contribution in [0.25, 0.3) is 0 Å². The summed E-state index contributed by atoms with van der Waals surface area (Å²) in [6.07, 6.45) is 1.73. The molecule has 0 spiro atoms. The van der Waals surface area contributed by atoms with Crippen molar-refractivity contribution in [1.82, 2.24) is 0 Å². The van der Waals surface area contributed by atoms with E-state index in [-0.39, 0.29) is 18.1 Å². The van der Waals surface area contributed by atoms with Crippen molar-refractivity contribution in [2.24, 2.45) is 0 Å². The largest absolute Gasteiger partial charge is 0.460 e. The molecule has 0 bridgehead atoms. The fourth-order valence-corrected chi connectivity index (χ4v) is 2.93. The number of carbonyl (C=O) groups excluding carboxylic acids is 3. The van der Waals surface area contributed by atoms with Crippen molar-refractivity contribution in [2.45, 2.75) is 11.8 Å². The molecular weight excluding hydrogens is 336 g/mol. The van der Waals surface area contributed by atoms with Crippen molar-refractivity contribution >= 4 is 27.6 Å². The van der Waals surface area contributed by atoms with E-state index < -0.39 is 32.5 Å². The molecule has 0 aromatic heterocycles. The summed E-state index contributed by atoms with van der Waals surface area (Å²) in [6, 6.07) is 6.92. The van der Waals surface area contributed by atoms with Crippen molar-refractivity contribution in [1.29, 1.82) is 0 Å². The number of rotatable bonds is 8. The van der Waals surface area contributed by atoms with Crippen LogP contribution in [0.1, 0.15) is 6.92 Å². The van der Waals surface area contributed by atoms with Gasteiger partial charge in [-0.25, -0.2) is 18.0 Å². The number of carbonyl (C=O) groups is 3. The van der Waals surface area contributed by atoms with Crippen LogP contribution in [0.3, 0.4) is 0 Å². The van der Waals surface area contributed by atoms with Crippen LogP contribution >= 0.6 is 0 Å². The van der Waals surface area contributed by atoms with Crippen LogP contribution in [-0.2, 0) is 33.7 Å². The van der Waals surface area contributed by atoms with E-state index in [4.69, 9.17) is 0 Å². The van der Waals surface area contributed by atoms with Crippen molar-refractivity contribution in [3.63, 3.8) is 0 Å². The first kappa shape index (κ1) is 19.3. The van der Waals surface area contributed by atoms with Gasteiger partial charge >= 0.3 is 11.9 Å². The van der Waals surface area contributed by atoms with Gasteiger partial charge in [0, 0.05) is 6.08 Å². The van der Waals surface area contributed by atoms with E-state index in [9.17, 15) is 22.8 Å². The monoisotopic (exact) mass is 352 g/mol. The molecule has 0 N–H and O–H groups in total. The van der Waals surface area contributed by atoms with E-state index >= 15 is 0 Å². The second-order valence-corrected chi connectivity index (χ2v) is 6.21. The number of hydrogen-bond donors (Lipinski definition) is 0. The van der Waals surface area contributed by atoms with Crippen LogP contribution in [0.2, 0.25) is 0 Å². The third-order valence-electron chi connectivity index (χ3n) is 2.62. The molecule has 8 heteroatoms. The van der Waals surface area contributed by atoms with Gasteiger partial charge in [-0.1, -0.05) is 30.9 Å². The Labute approximate surface area is 139 Å². The van der Waals surface area contributed by atoms with Gasteiger partial charge in [0.05, 0.1) is 11.5 Å². The zero-order chi connectivity index (χ0) is 18.2. The highest BCUT2D eigenvalue weighted by atomic mass is 32.2. The molecule has 128 valence electrons. The number of esters is 2. The minimum absolute atomic E-state index is 0.121. The maximum absolute atomic E-state index is 12.6. The molecule has 0 aliphatic rings. The normalized spacial score (nSPS) is 11.5. The topological polar surface area (TPSA) is 104 Å². The maximum atomic E-state index is 12.6. The summed E-state index contributed by atoms with van der Waals surface area (Å²) in [5.74, 6) is -3.92. The molecule has 0 radical (unpaired) electrons. The summed E-state index contributed by atoms with van der Waals surface area (Å²) in [6.45, 7) is 4.50. The van der Waals surface area contributed by atoms with E-state index in [1.54, 1.807) is 6.07 Å². The zero-order valence-corrected chi connectivity index (χ0v) is 13.7. The van der Waals surface area contributed by atoms with Gasteiger partial charge in [0.1, 0.15) is 11.5 Å². The first-order valence-electron chi connectivity index (χ1n) is 6.85. The van der Waals surface area contributed by atoms with Crippen molar-refractivity contribution in [2.75, 3.05) is 13.2 Å². The van der Waals surface area contributed by atoms with E-state index in [0.29, 0.717) is 6.08 Å². The summed E-state index contributed by atoms with van der Waals surface area (Å²) in [4.78, 5) is 34.1. The lowest BCUT2D eigenvalue weighted by Gasteiger charge is -2.08. The van der Waals surface area contributed by atoms with Gasteiger partial charge in [-0.3, -0.25) is 4.79 Å². The first-order valence-corrected chi connectivity index (χ1v) is 8.33. The van der Waals surface area contributed by atoms with Crippen LogP contribution in [0, 0.1) is 0 Å². The van der Waals surface area contributed by atoms with Gasteiger partial charge in [0.25, 0.3) is 5.78 Å². The predicted octanol–water partition coefficient (Wildman–Crippen LogP) is 1.21. The number of ketones is 1. The fraction of sp³-hybridized carbons (Fsp3) is 0.188. The molecule has 0 saturated carbocycles. The van der Waals surface area contributed by atoms with Gasteiger partial charge in [0.2, 0.25) is 9.84 Å². The standard InChI is InChI=1S/C16H16O7S/c1-3-10-23-14(17)11-13(15(18)16(19)22-4-2)24(20,21)12-8-6-5-7-9-12/h3,5-9,11H,1,4,10H2,2H3. The highest BCUT2D eigenvalue weighted by molar-refractivity contribution is 7.96. The average Bonchev–Trinajstić information content (AvgIpc) is 2.58. The van der Waals surface area contributed by atoms with Crippen LogP contribution in [0.5, 0.6) is 0 Å². The Kier molecular flexibility index (Phi) is 7.06. The summed E-state index contributed by atoms with van der Waals surface area (Å²) in [7, 11) is -4.40. The van der Waals surface area contributed by atoms with Crippen LogP contribution in [-0.4, -0.2) is 39.4 Å². The Bertz CT molecular complexity index is 761. The van der Waals surface area contributed by atoms with Crippen LogP contribution in [0.4, 0.5) is 0 Å². The Morgan fingerprint density at radius 2 is 1.75 bits per heavy atom. The van der Waals surface area contributed by atoms with Gasteiger partial charge < -0.3 is 9.47 Å². The number of hydrogen-bond acceptors (Lipinski definition) is 7. The maximum Gasteiger partial charge on any atom is 0.380 e. The summed E-state index contributed by atoms with van der Waals surface area (Å²) in [5, 5.41) is 0. The second kappa shape index (κ2) is 8.78. The molecule has 1 aromatic rings. The lowest BCUT2D eigenvalue weighted by molar-refractivity contribution is -0.151. The number of benzene rings is 1. The van der Waals surface area contributed by atoms with Gasteiger partial charge in [0.15, 0.2) is 0 Å². The van der Waals surface area contributed by atoms with Crippen LogP contribution in [0.15, 0.2) is 58.9 Å². The molecule has 0 amide bonds. The first-order chi connectivity index (χ1) is 11.3. The van der Waals surface area contributed by atoms with Gasteiger partial charge in [-0.2, -0.15) is 0 Å². The molecule has 0 aliphatic heterocycles. The number of Topliss-reactive ketones (excluding diaryl/α,β-unsaturated/α-hetero) is 1. The van der Waals surface area contributed by atoms with E-state index in [0.717, 1.165) is 0 Å². The Morgan fingerprint density at radius 3 is 2.29 bits per heavy atom. The van der Waals surface area contributed by atoms with Crippen molar-refractivity contribution in [3.05, 3.63) is 54.0 Å². The Hall–Kier alpha value is -2.74. The SMILES string of the molecule is C=CCOC(=O)C=C(C(=O)C(=O)OCC)S(=O)(=O)c1ccccc1. The molecular formula is C16H16O7S. The minimum Gasteiger partial charge on any atom is -0.460 e. The van der Waals surface area contributed by atoms with Crippen LogP contribution < -0.4 is 0 Å². The Morgan fingerprint density at radius 1 is 1.12 bits per heavy atom. The predicted molar refractivity (Wildman–Crippen MR) is 84.5 cm³/mol. The molecule has 0 aliphatic carbocycles. The smallest absolute Gasteiger partial charge is 0.380 e. The fourth-order valence-electron chi connectivity index (χ4n) is 1.58. The summed E-state index contributed by atoms with van der Waals surface area (Å²) >= 11 is 0. The molecule has 7 nitrogen and oxygen atoms in total. The molecule has 0 heterocycles. The molecule has 0 atom stereocenters.